The van der Waals surface area contributed by atoms with Gasteiger partial charge in [0.1, 0.15) is 0 Å². The van der Waals surface area contributed by atoms with Crippen molar-refractivity contribution in [2.24, 2.45) is 5.92 Å². The van der Waals surface area contributed by atoms with Crippen LogP contribution in [0.15, 0.2) is 0 Å². The number of alkyl halides is 3. The molecule has 2 heterocycles. The van der Waals surface area contributed by atoms with E-state index in [4.69, 9.17) is 0 Å². The summed E-state index contributed by atoms with van der Waals surface area (Å²) in [6, 6.07) is 0. The third kappa shape index (κ3) is 3.38. The molecule has 0 radical (unpaired) electrons. The molecule has 0 amide bonds. The normalized spacial score (nSPS) is 18.0. The molecule has 1 saturated heterocycles. The highest BCUT2D eigenvalue weighted by atomic mass is 32.2. The van der Waals surface area contributed by atoms with Crippen molar-refractivity contribution in [3.8, 4) is 0 Å². The Morgan fingerprint density at radius 1 is 1.40 bits per heavy atom. The molecule has 1 aliphatic heterocycles. The first-order valence-electron chi connectivity index (χ1n) is 5.84. The summed E-state index contributed by atoms with van der Waals surface area (Å²) < 4.78 is 61.2. The number of anilines is 1. The zero-order valence-corrected chi connectivity index (χ0v) is 12.1. The van der Waals surface area contributed by atoms with E-state index in [1.54, 1.807) is 6.92 Å². The van der Waals surface area contributed by atoms with E-state index in [0.717, 1.165) is 0 Å². The molecule has 1 fully saturated rings. The summed E-state index contributed by atoms with van der Waals surface area (Å²) in [4.78, 5) is 0. The monoisotopic (exact) mass is 330 g/mol. The van der Waals surface area contributed by atoms with Gasteiger partial charge in [-0.15, -0.1) is 10.2 Å². The minimum absolute atomic E-state index is 0.0541. The molecule has 2 rings (SSSR count). The lowest BCUT2D eigenvalue weighted by atomic mass is 10.0. The molecule has 0 saturated carbocycles. The molecule has 20 heavy (non-hydrogen) atoms. The van der Waals surface area contributed by atoms with E-state index in [0.29, 0.717) is 31.0 Å². The van der Waals surface area contributed by atoms with Crippen molar-refractivity contribution in [2.45, 2.75) is 13.1 Å². The van der Waals surface area contributed by atoms with E-state index >= 15 is 0 Å². The Balaban J connectivity index is 1.80. The number of nitrogens with one attached hydrogen (secondary N) is 1. The van der Waals surface area contributed by atoms with Crippen molar-refractivity contribution in [1.82, 2.24) is 14.5 Å². The smallest absolute Gasteiger partial charge is 0.360 e. The molecule has 0 aliphatic carbocycles. The average Bonchev–Trinajstić information content (AvgIpc) is 2.75. The van der Waals surface area contributed by atoms with E-state index in [1.807, 2.05) is 0 Å². The fourth-order valence-corrected chi connectivity index (χ4v) is 3.56. The van der Waals surface area contributed by atoms with Gasteiger partial charge in [0.2, 0.25) is 20.2 Å². The molecule has 1 N–H and O–H groups in total. The molecule has 0 spiro atoms. The van der Waals surface area contributed by atoms with Gasteiger partial charge in [0.05, 0.1) is 5.75 Å². The van der Waals surface area contributed by atoms with Crippen molar-refractivity contribution in [3.63, 3.8) is 0 Å². The zero-order chi connectivity index (χ0) is 15.0. The van der Waals surface area contributed by atoms with Crippen LogP contribution in [0.2, 0.25) is 0 Å². The number of nitrogens with zero attached hydrogens (tertiary/aromatic N) is 3. The molecule has 0 bridgehead atoms. The van der Waals surface area contributed by atoms with Crippen molar-refractivity contribution >= 4 is 26.5 Å². The maximum absolute atomic E-state index is 12.3. The summed E-state index contributed by atoms with van der Waals surface area (Å²) in [6.45, 7) is 2.71. The van der Waals surface area contributed by atoms with Gasteiger partial charge < -0.3 is 5.32 Å². The lowest BCUT2D eigenvalue weighted by Crippen LogP contribution is -2.52. The Hall–Kier alpha value is -0.940. The van der Waals surface area contributed by atoms with Gasteiger partial charge in [0, 0.05) is 25.6 Å². The molecule has 1 aliphatic rings. The van der Waals surface area contributed by atoms with Crippen LogP contribution in [0.1, 0.15) is 11.9 Å². The fraction of sp³-hybridized carbons (Fsp3) is 0.778. The predicted octanol–water partition coefficient (Wildman–Crippen LogP) is 1.25. The Morgan fingerprint density at radius 2 is 2.05 bits per heavy atom. The maximum Gasteiger partial charge on any atom is 0.445 e. The van der Waals surface area contributed by atoms with Crippen molar-refractivity contribution < 1.29 is 21.6 Å². The molecular formula is C9H13F3N4O2S2. The van der Waals surface area contributed by atoms with Gasteiger partial charge >= 0.3 is 6.18 Å². The largest absolute Gasteiger partial charge is 0.445 e. The molecule has 0 aromatic carbocycles. The third-order valence-electron chi connectivity index (χ3n) is 2.89. The van der Waals surface area contributed by atoms with Crippen LogP contribution in [0.3, 0.4) is 0 Å². The third-order valence-corrected chi connectivity index (χ3v) is 5.63. The number of aromatic nitrogens is 2. The lowest BCUT2D eigenvalue weighted by Gasteiger charge is -2.37. The average molecular weight is 330 g/mol. The topological polar surface area (TPSA) is 75.2 Å². The summed E-state index contributed by atoms with van der Waals surface area (Å²) in [5.74, 6) is 0.132. The van der Waals surface area contributed by atoms with Crippen molar-refractivity contribution in [1.29, 1.82) is 0 Å². The van der Waals surface area contributed by atoms with E-state index in [9.17, 15) is 21.6 Å². The summed E-state index contributed by atoms with van der Waals surface area (Å²) in [7, 11) is -3.16. The SMILES string of the molecule is CCS(=O)(=O)N1CC(CNc2nnc(C(F)(F)F)s2)C1. The Kier molecular flexibility index (Phi) is 4.21. The molecule has 0 atom stereocenters. The second kappa shape index (κ2) is 5.45. The Bertz CT molecular complexity index is 566. The van der Waals surface area contributed by atoms with Crippen LogP contribution in [-0.4, -0.2) is 48.3 Å². The second-order valence-corrected chi connectivity index (χ2v) is 7.61. The van der Waals surface area contributed by atoms with Crippen LogP contribution in [-0.2, 0) is 16.2 Å². The molecule has 1 aromatic rings. The van der Waals surface area contributed by atoms with Crippen LogP contribution >= 0.6 is 11.3 Å². The highest BCUT2D eigenvalue weighted by molar-refractivity contribution is 7.89. The van der Waals surface area contributed by atoms with Gasteiger partial charge in [-0.25, -0.2) is 12.7 Å². The van der Waals surface area contributed by atoms with E-state index in [2.05, 4.69) is 15.5 Å². The maximum atomic E-state index is 12.3. The van der Waals surface area contributed by atoms with E-state index in [1.165, 1.54) is 4.31 Å². The van der Waals surface area contributed by atoms with Gasteiger partial charge in [-0.2, -0.15) is 13.2 Å². The predicted molar refractivity (Wildman–Crippen MR) is 67.9 cm³/mol. The van der Waals surface area contributed by atoms with Gasteiger partial charge in [0.15, 0.2) is 0 Å². The van der Waals surface area contributed by atoms with E-state index in [-0.39, 0.29) is 16.8 Å². The summed E-state index contributed by atoms with van der Waals surface area (Å²) in [5.41, 5.74) is 0. The number of hydrogen-bond donors (Lipinski definition) is 1. The quantitative estimate of drug-likeness (QED) is 0.879. The van der Waals surface area contributed by atoms with Crippen molar-refractivity contribution in [2.75, 3.05) is 30.7 Å². The highest BCUT2D eigenvalue weighted by Crippen LogP contribution is 2.33. The van der Waals surface area contributed by atoms with Crippen LogP contribution in [0.5, 0.6) is 0 Å². The fourth-order valence-electron chi connectivity index (χ4n) is 1.70. The summed E-state index contributed by atoms with van der Waals surface area (Å²) >= 11 is 0.437. The second-order valence-electron chi connectivity index (χ2n) is 4.37. The number of hydrogen-bond acceptors (Lipinski definition) is 6. The minimum Gasteiger partial charge on any atom is -0.360 e. The number of rotatable bonds is 5. The van der Waals surface area contributed by atoms with Gasteiger partial charge in [-0.1, -0.05) is 11.3 Å². The molecule has 114 valence electrons. The molecule has 1 aromatic heterocycles. The molecule has 0 unspecified atom stereocenters. The molecular weight excluding hydrogens is 317 g/mol. The van der Waals surface area contributed by atoms with Crippen LogP contribution < -0.4 is 5.32 Å². The van der Waals surface area contributed by atoms with Crippen molar-refractivity contribution in [3.05, 3.63) is 5.01 Å². The van der Waals surface area contributed by atoms with Crippen LogP contribution in [0.4, 0.5) is 18.3 Å². The first kappa shape index (κ1) is 15.4. The van der Waals surface area contributed by atoms with Crippen LogP contribution in [0, 0.1) is 5.92 Å². The Morgan fingerprint density at radius 3 is 2.55 bits per heavy atom. The Labute approximate surface area is 118 Å². The summed E-state index contributed by atoms with van der Waals surface area (Å²) in [5, 5.41) is 8.30. The van der Waals surface area contributed by atoms with Crippen LogP contribution in [0.25, 0.3) is 0 Å². The van der Waals surface area contributed by atoms with Gasteiger partial charge in [0.25, 0.3) is 0 Å². The standard InChI is InChI=1S/C9H13F3N4O2S2/c1-2-20(17,18)16-4-6(5-16)3-13-8-15-14-7(19-8)9(10,11)12/h6H,2-5H2,1H3,(H,13,15). The molecule has 11 heteroatoms. The number of halogens is 3. The highest BCUT2D eigenvalue weighted by Gasteiger charge is 2.36. The minimum atomic E-state index is -4.49. The van der Waals surface area contributed by atoms with E-state index < -0.39 is 21.2 Å². The lowest BCUT2D eigenvalue weighted by molar-refractivity contribution is -0.138. The summed E-state index contributed by atoms with van der Waals surface area (Å²) in [6.07, 6.45) is -4.49. The zero-order valence-electron chi connectivity index (χ0n) is 10.5. The molecule has 6 nitrogen and oxygen atoms in total. The van der Waals surface area contributed by atoms with Gasteiger partial charge in [-0.05, 0) is 6.92 Å². The van der Waals surface area contributed by atoms with Gasteiger partial charge in [-0.3, -0.25) is 0 Å². The first-order valence-corrected chi connectivity index (χ1v) is 8.27. The number of sulfonamides is 1. The first-order chi connectivity index (χ1) is 9.22.